The molecule has 8 heteroatoms. The Hall–Kier alpha value is -3.03. The smallest absolute Gasteiger partial charge is 0.270 e. The molecule has 0 aliphatic carbocycles. The largest absolute Gasteiger partial charge is 0.384 e. The van der Waals surface area contributed by atoms with Gasteiger partial charge in [0.15, 0.2) is 0 Å². The molecule has 0 aromatic carbocycles. The molecule has 2 aromatic rings. The highest BCUT2D eigenvalue weighted by atomic mass is 16.2. The van der Waals surface area contributed by atoms with Crippen molar-refractivity contribution in [1.82, 2.24) is 14.9 Å². The van der Waals surface area contributed by atoms with Crippen LogP contribution in [-0.4, -0.2) is 45.8 Å². The van der Waals surface area contributed by atoms with Gasteiger partial charge in [0.1, 0.15) is 11.5 Å². The first-order valence-corrected chi connectivity index (χ1v) is 8.28. The molecule has 3 rings (SSSR count). The standard InChI is InChI=1S/C17H22N6O2/c18-15-4-3-13(10-21-15)22-12-2-1-6-23(7-5-12)17(25)14-8-11(9-20-14)16(19)24/h3-4,8-10,12,20,22H,1-2,5-7H2,(H2,18,21)(H2,19,24)/t12-/m0/s1. The summed E-state index contributed by atoms with van der Waals surface area (Å²) in [6, 6.07) is 5.44. The number of primary amides is 1. The van der Waals surface area contributed by atoms with Crippen molar-refractivity contribution in [2.24, 2.45) is 5.73 Å². The molecule has 1 fully saturated rings. The van der Waals surface area contributed by atoms with E-state index in [1.54, 1.807) is 17.2 Å². The predicted octanol–water partition coefficient (Wildman–Crippen LogP) is 1.20. The lowest BCUT2D eigenvalue weighted by Gasteiger charge is -2.20. The molecular weight excluding hydrogens is 320 g/mol. The predicted molar refractivity (Wildman–Crippen MR) is 95.1 cm³/mol. The lowest BCUT2D eigenvalue weighted by Crippen LogP contribution is -2.33. The SMILES string of the molecule is NC(=O)c1c[nH]c(C(=O)N2CCC[C@H](Nc3ccc(N)nc3)CC2)c1. The number of aromatic amines is 1. The second-order valence-corrected chi connectivity index (χ2v) is 6.20. The number of likely N-dealkylation sites (tertiary alicyclic amines) is 1. The van der Waals surface area contributed by atoms with E-state index in [0.29, 0.717) is 30.2 Å². The molecule has 2 amide bonds. The zero-order valence-corrected chi connectivity index (χ0v) is 13.9. The molecule has 25 heavy (non-hydrogen) atoms. The number of nitrogens with two attached hydrogens (primary N) is 2. The third-order valence-corrected chi connectivity index (χ3v) is 4.37. The number of nitrogens with one attached hydrogen (secondary N) is 2. The van der Waals surface area contributed by atoms with Crippen LogP contribution in [0.5, 0.6) is 0 Å². The van der Waals surface area contributed by atoms with E-state index in [4.69, 9.17) is 11.5 Å². The van der Waals surface area contributed by atoms with Gasteiger partial charge in [0.05, 0.1) is 17.4 Å². The Morgan fingerprint density at radius 2 is 2.12 bits per heavy atom. The third-order valence-electron chi connectivity index (χ3n) is 4.37. The number of pyridine rings is 1. The van der Waals surface area contributed by atoms with Gasteiger partial charge < -0.3 is 26.7 Å². The highest BCUT2D eigenvalue weighted by molar-refractivity contribution is 5.98. The Labute approximate surface area is 145 Å². The molecule has 0 unspecified atom stereocenters. The van der Waals surface area contributed by atoms with Gasteiger partial charge in [-0.15, -0.1) is 0 Å². The maximum Gasteiger partial charge on any atom is 0.270 e. The first-order chi connectivity index (χ1) is 12.0. The molecule has 6 N–H and O–H groups in total. The van der Waals surface area contributed by atoms with Crippen LogP contribution < -0.4 is 16.8 Å². The van der Waals surface area contributed by atoms with Crippen molar-refractivity contribution >= 4 is 23.3 Å². The Kier molecular flexibility index (Phi) is 4.87. The van der Waals surface area contributed by atoms with Gasteiger partial charge in [-0.05, 0) is 37.5 Å². The van der Waals surface area contributed by atoms with Crippen molar-refractivity contribution < 1.29 is 9.59 Å². The number of nitrogen functional groups attached to an aromatic ring is 1. The van der Waals surface area contributed by atoms with Gasteiger partial charge in [-0.2, -0.15) is 0 Å². The zero-order valence-electron chi connectivity index (χ0n) is 13.9. The maximum absolute atomic E-state index is 12.6. The number of anilines is 2. The van der Waals surface area contributed by atoms with Crippen molar-refractivity contribution in [3.05, 3.63) is 41.9 Å². The van der Waals surface area contributed by atoms with E-state index >= 15 is 0 Å². The molecule has 1 aliphatic rings. The van der Waals surface area contributed by atoms with Gasteiger partial charge in [0.25, 0.3) is 5.91 Å². The number of nitrogens with zero attached hydrogens (tertiary/aromatic N) is 2. The topological polar surface area (TPSA) is 130 Å². The van der Waals surface area contributed by atoms with Gasteiger partial charge in [-0.25, -0.2) is 4.98 Å². The normalized spacial score (nSPS) is 17.8. The summed E-state index contributed by atoms with van der Waals surface area (Å²) >= 11 is 0. The lowest BCUT2D eigenvalue weighted by molar-refractivity contribution is 0.0756. The quantitative estimate of drug-likeness (QED) is 0.663. The summed E-state index contributed by atoms with van der Waals surface area (Å²) in [5.41, 5.74) is 12.5. The Morgan fingerprint density at radius 3 is 2.80 bits per heavy atom. The van der Waals surface area contributed by atoms with Crippen molar-refractivity contribution in [3.63, 3.8) is 0 Å². The van der Waals surface area contributed by atoms with Crippen LogP contribution in [0, 0.1) is 0 Å². The number of carbonyl (C=O) groups is 2. The van der Waals surface area contributed by atoms with E-state index in [1.807, 2.05) is 6.07 Å². The van der Waals surface area contributed by atoms with Crippen molar-refractivity contribution in [3.8, 4) is 0 Å². The molecule has 0 saturated carbocycles. The number of amides is 2. The van der Waals surface area contributed by atoms with E-state index in [1.165, 1.54) is 12.3 Å². The van der Waals surface area contributed by atoms with Crippen molar-refractivity contribution in [1.29, 1.82) is 0 Å². The van der Waals surface area contributed by atoms with Crippen molar-refractivity contribution in [2.75, 3.05) is 24.1 Å². The second kappa shape index (κ2) is 7.25. The molecule has 3 heterocycles. The minimum Gasteiger partial charge on any atom is -0.384 e. The number of hydrogen-bond donors (Lipinski definition) is 4. The molecule has 1 saturated heterocycles. The molecule has 1 atom stereocenters. The number of H-pyrrole nitrogens is 1. The fraction of sp³-hybridized carbons (Fsp3) is 0.353. The number of hydrogen-bond acceptors (Lipinski definition) is 5. The highest BCUT2D eigenvalue weighted by Crippen LogP contribution is 2.18. The van der Waals surface area contributed by atoms with Gasteiger partial charge in [0, 0.05) is 25.3 Å². The number of rotatable bonds is 4. The molecule has 0 spiro atoms. The fourth-order valence-corrected chi connectivity index (χ4v) is 3.00. The molecular formula is C17H22N6O2. The summed E-state index contributed by atoms with van der Waals surface area (Å²) in [7, 11) is 0. The first-order valence-electron chi connectivity index (χ1n) is 8.28. The van der Waals surface area contributed by atoms with E-state index in [9.17, 15) is 9.59 Å². The maximum atomic E-state index is 12.6. The Bertz CT molecular complexity index is 755. The summed E-state index contributed by atoms with van der Waals surface area (Å²) in [5, 5.41) is 3.44. The first kappa shape index (κ1) is 16.8. The Balaban J connectivity index is 1.59. The van der Waals surface area contributed by atoms with Crippen LogP contribution in [0.2, 0.25) is 0 Å². The zero-order chi connectivity index (χ0) is 17.8. The van der Waals surface area contributed by atoms with Crippen LogP contribution in [0.4, 0.5) is 11.5 Å². The van der Waals surface area contributed by atoms with E-state index in [-0.39, 0.29) is 11.9 Å². The lowest BCUT2D eigenvalue weighted by atomic mass is 10.1. The van der Waals surface area contributed by atoms with Gasteiger partial charge >= 0.3 is 0 Å². The molecule has 2 aromatic heterocycles. The van der Waals surface area contributed by atoms with E-state index in [0.717, 1.165) is 24.9 Å². The average Bonchev–Trinajstić information content (AvgIpc) is 2.98. The van der Waals surface area contributed by atoms with Crippen molar-refractivity contribution in [2.45, 2.75) is 25.3 Å². The van der Waals surface area contributed by atoms with E-state index < -0.39 is 5.91 Å². The van der Waals surface area contributed by atoms with Crippen LogP contribution in [0.25, 0.3) is 0 Å². The Morgan fingerprint density at radius 1 is 1.28 bits per heavy atom. The average molecular weight is 342 g/mol. The molecule has 8 nitrogen and oxygen atoms in total. The van der Waals surface area contributed by atoms with E-state index in [2.05, 4.69) is 15.3 Å². The summed E-state index contributed by atoms with van der Waals surface area (Å²) < 4.78 is 0. The monoisotopic (exact) mass is 342 g/mol. The molecule has 0 bridgehead atoms. The number of carbonyl (C=O) groups excluding carboxylic acids is 2. The summed E-state index contributed by atoms with van der Waals surface area (Å²) in [6.07, 6.45) is 5.87. The minimum atomic E-state index is -0.549. The fourth-order valence-electron chi connectivity index (χ4n) is 3.00. The third kappa shape index (κ3) is 4.09. The van der Waals surface area contributed by atoms with Gasteiger partial charge in [0.2, 0.25) is 5.91 Å². The van der Waals surface area contributed by atoms with Crippen LogP contribution >= 0.6 is 0 Å². The summed E-state index contributed by atoms with van der Waals surface area (Å²) in [6.45, 7) is 1.33. The minimum absolute atomic E-state index is 0.109. The van der Waals surface area contributed by atoms with Crippen LogP contribution in [0.15, 0.2) is 30.6 Å². The highest BCUT2D eigenvalue weighted by Gasteiger charge is 2.23. The molecule has 132 valence electrons. The molecule has 1 aliphatic heterocycles. The number of aromatic nitrogens is 2. The van der Waals surface area contributed by atoms with Crippen LogP contribution in [0.1, 0.15) is 40.1 Å². The summed E-state index contributed by atoms with van der Waals surface area (Å²) in [4.78, 5) is 32.5. The van der Waals surface area contributed by atoms with Crippen LogP contribution in [-0.2, 0) is 0 Å². The summed E-state index contributed by atoms with van der Waals surface area (Å²) in [5.74, 6) is -0.167. The molecule has 0 radical (unpaired) electrons. The van der Waals surface area contributed by atoms with Crippen LogP contribution in [0.3, 0.4) is 0 Å². The van der Waals surface area contributed by atoms with Gasteiger partial charge in [-0.1, -0.05) is 0 Å². The van der Waals surface area contributed by atoms with Gasteiger partial charge in [-0.3, -0.25) is 9.59 Å². The second-order valence-electron chi connectivity index (χ2n) is 6.20.